The Balaban J connectivity index is 0.000000234. The maximum Gasteiger partial charge on any atom is 0.315 e. The molecule has 0 bridgehead atoms. The number of esters is 2. The highest BCUT2D eigenvalue weighted by molar-refractivity contribution is 6.42. The van der Waals surface area contributed by atoms with Crippen LogP contribution in [0.3, 0.4) is 0 Å². The quantitative estimate of drug-likeness (QED) is 0.0321. The number of carbonyl (C=O) groups is 6. The molecule has 2 atom stereocenters. The molecule has 2 saturated carbocycles. The fourth-order valence-corrected chi connectivity index (χ4v) is 12.8. The minimum absolute atomic E-state index is 0.110. The Morgan fingerprint density at radius 1 is 0.617 bits per heavy atom. The van der Waals surface area contributed by atoms with Crippen LogP contribution < -0.4 is 26.0 Å². The minimum Gasteiger partial charge on any atom is -0.497 e. The number of hydrogen-bond acceptors (Lipinski definition) is 11. The molecular formula is C60H84Cl2N10O9. The lowest BCUT2D eigenvalue weighted by atomic mass is 9.63. The van der Waals surface area contributed by atoms with E-state index in [1.54, 1.807) is 55.3 Å². The van der Waals surface area contributed by atoms with Gasteiger partial charge in [0.05, 0.1) is 53.9 Å². The Kier molecular flexibility index (Phi) is 24.0. The van der Waals surface area contributed by atoms with E-state index >= 15 is 0 Å². The molecule has 4 heterocycles. The summed E-state index contributed by atoms with van der Waals surface area (Å²) in [7, 11) is 1.61. The largest absolute Gasteiger partial charge is 0.497 e. The first kappa shape index (κ1) is 62.3. The predicted octanol–water partition coefficient (Wildman–Crippen LogP) is 8.94. The Bertz CT molecular complexity index is 2610. The number of amides is 6. The van der Waals surface area contributed by atoms with Gasteiger partial charge in [-0.25, -0.2) is 19.6 Å². The number of aromatic amines is 2. The van der Waals surface area contributed by atoms with E-state index in [2.05, 4.69) is 41.2 Å². The smallest absolute Gasteiger partial charge is 0.315 e. The van der Waals surface area contributed by atoms with Crippen molar-refractivity contribution in [1.29, 1.82) is 0 Å². The van der Waals surface area contributed by atoms with Crippen molar-refractivity contribution in [2.45, 2.75) is 148 Å². The summed E-state index contributed by atoms with van der Waals surface area (Å²) >= 11 is 12.3. The number of carbonyl (C=O) groups excluding carboxylic acids is 6. The number of methoxy groups -OCH3 is 1. The molecule has 0 radical (unpaired) electrons. The molecule has 2 aromatic heterocycles. The third-order valence-corrected chi connectivity index (χ3v) is 17.7. The molecule has 6 N–H and O–H groups in total. The fourth-order valence-electron chi connectivity index (χ4n) is 12.5. The van der Waals surface area contributed by atoms with Gasteiger partial charge in [-0.3, -0.25) is 19.2 Å². The summed E-state index contributed by atoms with van der Waals surface area (Å²) in [6.45, 7) is 7.08. The van der Waals surface area contributed by atoms with Crippen LogP contribution in [0.15, 0.2) is 67.5 Å². The number of piperidine rings is 2. The second kappa shape index (κ2) is 31.2. The number of hydrogen-bond donors (Lipinski definition) is 6. The minimum atomic E-state index is -0.811. The van der Waals surface area contributed by atoms with E-state index in [4.69, 9.17) is 37.4 Å². The molecule has 19 nitrogen and oxygen atoms in total. The highest BCUT2D eigenvalue weighted by atomic mass is 35.5. The summed E-state index contributed by atoms with van der Waals surface area (Å²) < 4.78 is 16.4. The second-order valence-electron chi connectivity index (χ2n) is 22.0. The zero-order chi connectivity index (χ0) is 57.6. The maximum absolute atomic E-state index is 13.9. The molecule has 2 aliphatic heterocycles. The van der Waals surface area contributed by atoms with E-state index in [0.29, 0.717) is 107 Å². The van der Waals surface area contributed by atoms with Crippen molar-refractivity contribution in [2.24, 2.45) is 22.7 Å². The second-order valence-corrected chi connectivity index (χ2v) is 22.8. The van der Waals surface area contributed by atoms with Gasteiger partial charge in [0.2, 0.25) is 11.8 Å². The lowest BCUT2D eigenvalue weighted by Crippen LogP contribution is -2.56. The summed E-state index contributed by atoms with van der Waals surface area (Å²) in [5.74, 6) is 0.758. The van der Waals surface area contributed by atoms with E-state index in [0.717, 1.165) is 92.5 Å². The SMILES string of the molecule is CCOC(=O)C1(C2CCCCC2)CCN(C(=O)[C@@H](Cc2ccc(Cl)c(Cl)c2)NC(=O)NCCc2cnc[nH]2)CC1.CCOC(=O)C1(C2CCCCC2)CCN(C(=O)[C@@H](Cc2ccc(OC)cc2)NC(=O)NCCCc2cnc[nH]2)CC1. The van der Waals surface area contributed by atoms with E-state index in [1.165, 1.54) is 12.8 Å². The lowest BCUT2D eigenvalue weighted by molar-refractivity contribution is -0.166. The highest BCUT2D eigenvalue weighted by Gasteiger charge is 2.51. The van der Waals surface area contributed by atoms with E-state index in [9.17, 15) is 28.8 Å². The van der Waals surface area contributed by atoms with Gasteiger partial charge in [0.15, 0.2) is 0 Å². The number of benzene rings is 2. The van der Waals surface area contributed by atoms with Gasteiger partial charge in [0, 0.05) is 82.3 Å². The zero-order valence-electron chi connectivity index (χ0n) is 47.5. The van der Waals surface area contributed by atoms with Crippen LogP contribution in [0.4, 0.5) is 9.59 Å². The Morgan fingerprint density at radius 2 is 1.07 bits per heavy atom. The monoisotopic (exact) mass is 1160 g/mol. The van der Waals surface area contributed by atoms with Crippen LogP contribution >= 0.6 is 23.2 Å². The molecule has 442 valence electrons. The first-order valence-corrected chi connectivity index (χ1v) is 30.0. The van der Waals surface area contributed by atoms with Gasteiger partial charge >= 0.3 is 24.0 Å². The topological polar surface area (TPSA) is 242 Å². The first-order valence-electron chi connectivity index (χ1n) is 29.3. The first-order chi connectivity index (χ1) is 39.3. The van der Waals surface area contributed by atoms with Gasteiger partial charge in [-0.1, -0.05) is 79.9 Å². The number of ether oxygens (including phenoxy) is 3. The number of halogens is 2. The molecule has 2 saturated heterocycles. The summed E-state index contributed by atoms with van der Waals surface area (Å²) in [6, 6.07) is 10.4. The van der Waals surface area contributed by atoms with Gasteiger partial charge in [-0.2, -0.15) is 0 Å². The van der Waals surface area contributed by atoms with Crippen LogP contribution in [-0.2, 0) is 54.3 Å². The molecule has 0 unspecified atom stereocenters. The fraction of sp³-hybridized carbons (Fsp3) is 0.600. The lowest BCUT2D eigenvalue weighted by Gasteiger charge is -2.46. The molecule has 8 rings (SSSR count). The van der Waals surface area contributed by atoms with E-state index < -0.39 is 28.9 Å². The number of imidazole rings is 2. The van der Waals surface area contributed by atoms with Crippen LogP contribution in [0.1, 0.15) is 133 Å². The molecule has 0 spiro atoms. The Morgan fingerprint density at radius 3 is 1.52 bits per heavy atom. The van der Waals surface area contributed by atoms with Crippen molar-refractivity contribution in [3.8, 4) is 5.75 Å². The molecule has 6 amide bonds. The third-order valence-electron chi connectivity index (χ3n) is 17.0. The van der Waals surface area contributed by atoms with Crippen LogP contribution in [0.2, 0.25) is 10.0 Å². The number of aryl methyl sites for hydroxylation is 1. The van der Waals surface area contributed by atoms with Gasteiger partial charge in [-0.05, 0) is 125 Å². The molecule has 4 fully saturated rings. The standard InChI is InChI=1S/C31H45N5O5.C29H39Cl2N5O4/c1-3-41-29(38)31(24-8-5-4-6-9-24)15-18-36(19-16-31)28(37)27(20-23-11-13-26(40-2)14-12-23)35-30(39)33-17-7-10-25-21-32-22-34-25;1-2-40-27(38)29(21-6-4-3-5-7-21)11-14-36(15-12-29)26(37)25(17-20-8-9-23(30)24(31)16-20)35-28(39)33-13-10-22-18-32-19-34-22/h11-14,21-22,24,27H,3-10,15-20H2,1-2H3,(H,32,34)(H2,33,35,39);8-9,16,18-19,21,25H,2-7,10-15,17H2,1H3,(H,32,34)(H2,33,35,39)/t27-;25-/m11/s1. The third kappa shape index (κ3) is 17.3. The number of H-pyrrole nitrogens is 2. The average Bonchev–Trinajstić information content (AvgIpc) is 4.25. The van der Waals surface area contributed by atoms with Gasteiger partial charge in [0.25, 0.3) is 0 Å². The number of likely N-dealkylation sites (tertiary alicyclic amines) is 2. The maximum atomic E-state index is 13.9. The Hall–Kier alpha value is -6.34. The molecule has 4 aliphatic rings. The zero-order valence-corrected chi connectivity index (χ0v) is 49.0. The van der Waals surface area contributed by atoms with Crippen molar-refractivity contribution in [1.82, 2.24) is 51.0 Å². The van der Waals surface area contributed by atoms with Crippen molar-refractivity contribution in [3.05, 3.63) is 100 Å². The van der Waals surface area contributed by atoms with Crippen molar-refractivity contribution in [2.75, 3.05) is 59.6 Å². The summed E-state index contributed by atoms with van der Waals surface area (Å²) in [5, 5.41) is 12.3. The van der Waals surface area contributed by atoms with Crippen LogP contribution in [0.5, 0.6) is 5.75 Å². The van der Waals surface area contributed by atoms with Gasteiger partial charge < -0.3 is 55.2 Å². The van der Waals surface area contributed by atoms with E-state index in [-0.39, 0.29) is 42.1 Å². The summed E-state index contributed by atoms with van der Waals surface area (Å²) in [5.41, 5.74) is 2.54. The number of rotatable bonds is 22. The molecule has 21 heteroatoms. The normalized spacial score (nSPS) is 18.0. The number of aromatic nitrogens is 4. The highest BCUT2D eigenvalue weighted by Crippen LogP contribution is 2.48. The van der Waals surface area contributed by atoms with Crippen LogP contribution in [-0.4, -0.2) is 137 Å². The number of nitrogens with zero attached hydrogens (tertiary/aromatic N) is 4. The Labute approximate surface area is 486 Å². The predicted molar refractivity (Wildman–Crippen MR) is 310 cm³/mol. The van der Waals surface area contributed by atoms with Crippen LogP contribution in [0, 0.1) is 22.7 Å². The summed E-state index contributed by atoms with van der Waals surface area (Å²) in [4.78, 5) is 97.5. The summed E-state index contributed by atoms with van der Waals surface area (Å²) in [6.07, 6.45) is 22.8. The van der Waals surface area contributed by atoms with Crippen molar-refractivity contribution >= 4 is 59.0 Å². The molecule has 2 aromatic carbocycles. The molecule has 81 heavy (non-hydrogen) atoms. The van der Waals surface area contributed by atoms with Gasteiger partial charge in [-0.15, -0.1) is 0 Å². The van der Waals surface area contributed by atoms with Crippen molar-refractivity contribution in [3.63, 3.8) is 0 Å². The number of urea groups is 2. The van der Waals surface area contributed by atoms with E-state index in [1.807, 2.05) is 43.0 Å². The molecule has 2 aliphatic carbocycles. The van der Waals surface area contributed by atoms with Crippen LogP contribution in [0.25, 0.3) is 0 Å². The molecular weight excluding hydrogens is 1080 g/mol. The van der Waals surface area contributed by atoms with Gasteiger partial charge in [0.1, 0.15) is 17.8 Å². The average molecular weight is 1160 g/mol. The number of nitrogens with one attached hydrogen (secondary N) is 6. The van der Waals surface area contributed by atoms with Crippen molar-refractivity contribution < 1.29 is 43.0 Å². The molecule has 4 aromatic rings.